The molecule has 1 heterocycles. The number of carbonyl (C=O) groups is 1. The van der Waals surface area contributed by atoms with Crippen LogP contribution in [0.2, 0.25) is 0 Å². The summed E-state index contributed by atoms with van der Waals surface area (Å²) in [6.07, 6.45) is -4.53. The first-order valence-corrected chi connectivity index (χ1v) is 5.32. The van der Waals surface area contributed by atoms with E-state index in [1.54, 1.807) is 0 Å². The molecular formula is C12H10F3NO3. The third kappa shape index (κ3) is 2.35. The van der Waals surface area contributed by atoms with Gasteiger partial charge in [-0.3, -0.25) is 0 Å². The van der Waals surface area contributed by atoms with Crippen molar-refractivity contribution in [1.29, 1.82) is 0 Å². The Labute approximate surface area is 105 Å². The Morgan fingerprint density at radius 1 is 1.37 bits per heavy atom. The van der Waals surface area contributed by atoms with E-state index in [0.717, 1.165) is 6.07 Å². The lowest BCUT2D eigenvalue weighted by atomic mass is 10.1. The molecule has 0 atom stereocenters. The summed E-state index contributed by atoms with van der Waals surface area (Å²) in [6.45, 7) is 0.129. The number of phenols is 1. The molecule has 2 rings (SSSR count). The second-order valence-electron chi connectivity index (χ2n) is 4.18. The van der Waals surface area contributed by atoms with Crippen LogP contribution in [0.15, 0.2) is 18.2 Å². The predicted molar refractivity (Wildman–Crippen MR) is 61.4 cm³/mol. The molecule has 2 aromatic rings. The van der Waals surface area contributed by atoms with Crippen LogP contribution in [0, 0.1) is 6.92 Å². The van der Waals surface area contributed by atoms with Crippen molar-refractivity contribution < 1.29 is 28.2 Å². The molecule has 2 N–H and O–H groups in total. The minimum Gasteiger partial charge on any atom is -0.508 e. The number of carboxylic acid groups (broad SMARTS) is 1. The first-order chi connectivity index (χ1) is 8.70. The van der Waals surface area contributed by atoms with E-state index in [-0.39, 0.29) is 11.3 Å². The first kappa shape index (κ1) is 13.3. The molecule has 0 spiro atoms. The van der Waals surface area contributed by atoms with Gasteiger partial charge in [-0.05, 0) is 25.1 Å². The summed E-state index contributed by atoms with van der Waals surface area (Å²) in [4.78, 5) is 11.0. The quantitative estimate of drug-likeness (QED) is 0.884. The fraction of sp³-hybridized carbons (Fsp3) is 0.250. The first-order valence-electron chi connectivity index (χ1n) is 5.32. The van der Waals surface area contributed by atoms with Crippen molar-refractivity contribution in [1.82, 2.24) is 4.57 Å². The van der Waals surface area contributed by atoms with Crippen molar-refractivity contribution in [3.63, 3.8) is 0 Å². The van der Waals surface area contributed by atoms with Crippen LogP contribution >= 0.6 is 0 Å². The highest BCUT2D eigenvalue weighted by atomic mass is 19.4. The Balaban J connectivity index is 2.75. The average molecular weight is 273 g/mol. The number of carboxylic acids is 1. The number of hydrogen-bond acceptors (Lipinski definition) is 2. The van der Waals surface area contributed by atoms with E-state index in [2.05, 4.69) is 0 Å². The van der Waals surface area contributed by atoms with E-state index in [0.29, 0.717) is 15.5 Å². The summed E-state index contributed by atoms with van der Waals surface area (Å²) in [5.41, 5.74) is 0.0203. The van der Waals surface area contributed by atoms with Crippen LogP contribution in [0.1, 0.15) is 16.1 Å². The minimum absolute atomic E-state index is 0.0893. The molecule has 0 amide bonds. The Kier molecular flexibility index (Phi) is 2.92. The van der Waals surface area contributed by atoms with Crippen LogP contribution < -0.4 is 0 Å². The van der Waals surface area contributed by atoms with E-state index >= 15 is 0 Å². The van der Waals surface area contributed by atoms with Gasteiger partial charge in [0.25, 0.3) is 0 Å². The Hall–Kier alpha value is -2.18. The van der Waals surface area contributed by atoms with Crippen LogP contribution in [-0.2, 0) is 6.54 Å². The molecule has 4 nitrogen and oxygen atoms in total. The summed E-state index contributed by atoms with van der Waals surface area (Å²) in [5, 5.41) is 18.8. The molecule has 1 aromatic carbocycles. The molecule has 0 unspecified atom stereocenters. The molecule has 0 saturated carbocycles. The molecule has 0 saturated heterocycles. The van der Waals surface area contributed by atoms with Gasteiger partial charge >= 0.3 is 12.1 Å². The molecule has 0 aliphatic heterocycles. The van der Waals surface area contributed by atoms with E-state index < -0.39 is 24.4 Å². The van der Waals surface area contributed by atoms with Gasteiger partial charge in [-0.2, -0.15) is 13.2 Å². The summed E-state index contributed by atoms with van der Waals surface area (Å²) < 4.78 is 38.2. The standard InChI is InChI=1S/C12H10F3NO3/c1-6-7-4-9(11(18)19)16(5-12(13,14)15)8(7)2-3-10(6)17/h2-4,17H,5H2,1H3,(H,18,19). The predicted octanol–water partition coefficient (Wildman–Crippen LogP) is 2.92. The van der Waals surface area contributed by atoms with Crippen LogP contribution in [0.5, 0.6) is 5.75 Å². The normalized spacial score (nSPS) is 12.0. The number of alkyl halides is 3. The number of rotatable bonds is 2. The van der Waals surface area contributed by atoms with Gasteiger partial charge in [0.1, 0.15) is 18.0 Å². The van der Waals surface area contributed by atoms with Crippen LogP contribution in [0.3, 0.4) is 0 Å². The zero-order chi connectivity index (χ0) is 14.4. The smallest absolute Gasteiger partial charge is 0.406 e. The monoisotopic (exact) mass is 273 g/mol. The maximum absolute atomic E-state index is 12.5. The summed E-state index contributed by atoms with van der Waals surface area (Å²) in [5.74, 6) is -1.53. The van der Waals surface area contributed by atoms with E-state index in [4.69, 9.17) is 5.11 Å². The number of fused-ring (bicyclic) bond motifs is 1. The number of aryl methyl sites for hydroxylation is 1. The number of halogens is 3. The number of hydrogen-bond donors (Lipinski definition) is 2. The molecule has 0 fully saturated rings. The van der Waals surface area contributed by atoms with Gasteiger partial charge in [0.05, 0.1) is 0 Å². The van der Waals surface area contributed by atoms with Gasteiger partial charge in [-0.1, -0.05) is 0 Å². The molecular weight excluding hydrogens is 263 g/mol. The summed E-state index contributed by atoms with van der Waals surface area (Å²) in [6, 6.07) is 3.66. The zero-order valence-corrected chi connectivity index (χ0v) is 9.82. The lowest BCUT2D eigenvalue weighted by molar-refractivity contribution is -0.140. The maximum Gasteiger partial charge on any atom is 0.406 e. The Morgan fingerprint density at radius 2 is 2.00 bits per heavy atom. The van der Waals surface area contributed by atoms with Crippen LogP contribution in [-0.4, -0.2) is 26.9 Å². The van der Waals surface area contributed by atoms with Gasteiger partial charge in [-0.15, -0.1) is 0 Å². The number of benzene rings is 1. The summed E-state index contributed by atoms with van der Waals surface area (Å²) >= 11 is 0. The van der Waals surface area contributed by atoms with Gasteiger partial charge in [0, 0.05) is 16.5 Å². The molecule has 1 aromatic heterocycles. The number of aromatic hydroxyl groups is 1. The fourth-order valence-electron chi connectivity index (χ4n) is 1.99. The number of phenolic OH excluding ortho intramolecular Hbond substituents is 1. The maximum atomic E-state index is 12.5. The Bertz CT molecular complexity index is 658. The third-order valence-corrected chi connectivity index (χ3v) is 2.88. The lowest BCUT2D eigenvalue weighted by Gasteiger charge is -2.11. The van der Waals surface area contributed by atoms with Crippen LogP contribution in [0.4, 0.5) is 13.2 Å². The number of aromatic carboxylic acids is 1. The second kappa shape index (κ2) is 4.18. The van der Waals surface area contributed by atoms with E-state index in [1.165, 1.54) is 19.1 Å². The van der Waals surface area contributed by atoms with Crippen LogP contribution in [0.25, 0.3) is 10.9 Å². The average Bonchev–Trinajstić information content (AvgIpc) is 2.61. The van der Waals surface area contributed by atoms with Gasteiger partial charge in [-0.25, -0.2) is 4.79 Å². The third-order valence-electron chi connectivity index (χ3n) is 2.88. The SMILES string of the molecule is Cc1c(O)ccc2c1cc(C(=O)O)n2CC(F)(F)F. The van der Waals surface area contributed by atoms with Crippen molar-refractivity contribution in [3.05, 3.63) is 29.5 Å². The molecule has 102 valence electrons. The highest BCUT2D eigenvalue weighted by molar-refractivity contribution is 5.96. The largest absolute Gasteiger partial charge is 0.508 e. The van der Waals surface area contributed by atoms with Gasteiger partial charge in [0.15, 0.2) is 0 Å². The second-order valence-corrected chi connectivity index (χ2v) is 4.18. The van der Waals surface area contributed by atoms with E-state index in [1.807, 2.05) is 0 Å². The highest BCUT2D eigenvalue weighted by Crippen LogP contribution is 2.31. The van der Waals surface area contributed by atoms with Crippen molar-refractivity contribution in [2.45, 2.75) is 19.6 Å². The lowest BCUT2D eigenvalue weighted by Crippen LogP contribution is -2.20. The molecule has 0 aliphatic carbocycles. The highest BCUT2D eigenvalue weighted by Gasteiger charge is 2.31. The van der Waals surface area contributed by atoms with Gasteiger partial charge < -0.3 is 14.8 Å². The van der Waals surface area contributed by atoms with Crippen molar-refractivity contribution in [2.24, 2.45) is 0 Å². The minimum atomic E-state index is -4.53. The van der Waals surface area contributed by atoms with Crippen molar-refractivity contribution in [2.75, 3.05) is 0 Å². The topological polar surface area (TPSA) is 62.5 Å². The molecule has 19 heavy (non-hydrogen) atoms. The molecule has 0 bridgehead atoms. The zero-order valence-electron chi connectivity index (χ0n) is 9.82. The van der Waals surface area contributed by atoms with E-state index in [9.17, 15) is 23.1 Å². The molecule has 0 aliphatic rings. The van der Waals surface area contributed by atoms with Crippen molar-refractivity contribution in [3.8, 4) is 5.75 Å². The Morgan fingerprint density at radius 3 is 2.53 bits per heavy atom. The molecule has 7 heteroatoms. The number of aromatic nitrogens is 1. The summed E-state index contributed by atoms with van der Waals surface area (Å²) in [7, 11) is 0. The number of nitrogens with zero attached hydrogens (tertiary/aromatic N) is 1. The van der Waals surface area contributed by atoms with Gasteiger partial charge in [0.2, 0.25) is 0 Å². The molecule has 0 radical (unpaired) electrons. The van der Waals surface area contributed by atoms with Crippen molar-refractivity contribution >= 4 is 16.9 Å². The fourth-order valence-corrected chi connectivity index (χ4v) is 1.99.